The average molecular weight is 206 g/mol. The lowest BCUT2D eigenvalue weighted by Gasteiger charge is -2.05. The molecule has 80 valence electrons. The topological polar surface area (TPSA) is 57.5 Å². The first-order chi connectivity index (χ1) is 7.15. The van der Waals surface area contributed by atoms with E-state index in [9.17, 15) is 9.90 Å². The van der Waals surface area contributed by atoms with Gasteiger partial charge >= 0.3 is 5.97 Å². The van der Waals surface area contributed by atoms with E-state index < -0.39 is 5.97 Å². The van der Waals surface area contributed by atoms with Gasteiger partial charge in [0.1, 0.15) is 5.75 Å². The van der Waals surface area contributed by atoms with Gasteiger partial charge in [-0.05, 0) is 48.4 Å². The minimum Gasteiger partial charge on any atom is -0.508 e. The van der Waals surface area contributed by atoms with Crippen LogP contribution in [0.15, 0.2) is 18.2 Å². The minimum atomic E-state index is -0.728. The summed E-state index contributed by atoms with van der Waals surface area (Å²) in [5, 5.41) is 17.9. The van der Waals surface area contributed by atoms with E-state index in [0.29, 0.717) is 11.7 Å². The Morgan fingerprint density at radius 1 is 1.33 bits per heavy atom. The fourth-order valence-electron chi connectivity index (χ4n) is 2.23. The Morgan fingerprint density at radius 2 is 2.07 bits per heavy atom. The largest absolute Gasteiger partial charge is 0.508 e. The number of hydrogen-bond donors (Lipinski definition) is 2. The van der Waals surface area contributed by atoms with Gasteiger partial charge in [0.05, 0.1) is 0 Å². The van der Waals surface area contributed by atoms with Crippen molar-refractivity contribution in [2.45, 2.75) is 25.7 Å². The lowest BCUT2D eigenvalue weighted by atomic mass is 10.0. The van der Waals surface area contributed by atoms with Crippen molar-refractivity contribution in [3.05, 3.63) is 29.3 Å². The molecule has 0 spiro atoms. The smallest absolute Gasteiger partial charge is 0.303 e. The number of phenols is 1. The third-order valence-corrected chi connectivity index (χ3v) is 2.97. The van der Waals surface area contributed by atoms with Crippen LogP contribution in [0, 0.1) is 5.92 Å². The highest BCUT2D eigenvalue weighted by Crippen LogP contribution is 2.31. The molecule has 1 unspecified atom stereocenters. The zero-order valence-electron chi connectivity index (χ0n) is 8.44. The summed E-state index contributed by atoms with van der Waals surface area (Å²) in [7, 11) is 0. The van der Waals surface area contributed by atoms with Gasteiger partial charge in [0.25, 0.3) is 0 Å². The molecule has 0 aliphatic heterocycles. The number of carboxylic acid groups (broad SMARTS) is 1. The Morgan fingerprint density at radius 3 is 2.80 bits per heavy atom. The van der Waals surface area contributed by atoms with Crippen LogP contribution in [0.5, 0.6) is 5.75 Å². The van der Waals surface area contributed by atoms with Gasteiger partial charge in [-0.2, -0.15) is 0 Å². The average Bonchev–Trinajstić information content (AvgIpc) is 2.56. The summed E-state index contributed by atoms with van der Waals surface area (Å²) >= 11 is 0. The highest BCUT2D eigenvalue weighted by molar-refractivity contribution is 5.66. The van der Waals surface area contributed by atoms with E-state index in [1.807, 2.05) is 6.07 Å². The molecular weight excluding hydrogens is 192 g/mol. The normalized spacial score (nSPS) is 18.8. The van der Waals surface area contributed by atoms with Crippen molar-refractivity contribution in [1.29, 1.82) is 0 Å². The molecular formula is C12H14O3. The fourth-order valence-corrected chi connectivity index (χ4v) is 2.23. The Hall–Kier alpha value is -1.51. The zero-order chi connectivity index (χ0) is 10.8. The summed E-state index contributed by atoms with van der Waals surface area (Å²) in [4.78, 5) is 10.4. The number of carboxylic acids is 1. The highest BCUT2D eigenvalue weighted by atomic mass is 16.4. The van der Waals surface area contributed by atoms with Gasteiger partial charge in [-0.1, -0.05) is 6.07 Å². The van der Waals surface area contributed by atoms with E-state index in [0.717, 1.165) is 19.3 Å². The Bertz CT molecular complexity index is 384. The quantitative estimate of drug-likeness (QED) is 0.795. The predicted molar refractivity (Wildman–Crippen MR) is 55.9 cm³/mol. The molecule has 3 nitrogen and oxygen atoms in total. The number of aliphatic carboxylic acids is 1. The van der Waals surface area contributed by atoms with Crippen LogP contribution in [0.2, 0.25) is 0 Å². The molecule has 0 radical (unpaired) electrons. The third kappa shape index (κ3) is 2.29. The molecule has 2 N–H and O–H groups in total. The molecule has 1 atom stereocenters. The van der Waals surface area contributed by atoms with Crippen LogP contribution in [0.1, 0.15) is 24.0 Å². The van der Waals surface area contributed by atoms with E-state index in [4.69, 9.17) is 5.11 Å². The number of rotatable bonds is 3. The second kappa shape index (κ2) is 3.93. The highest BCUT2D eigenvalue weighted by Gasteiger charge is 2.21. The van der Waals surface area contributed by atoms with Crippen LogP contribution < -0.4 is 0 Å². The van der Waals surface area contributed by atoms with Crippen molar-refractivity contribution in [1.82, 2.24) is 0 Å². The molecule has 0 heterocycles. The van der Waals surface area contributed by atoms with Gasteiger partial charge in [-0.25, -0.2) is 0 Å². The summed E-state index contributed by atoms with van der Waals surface area (Å²) in [5.74, 6) is -0.000613. The molecule has 1 aliphatic rings. The number of benzene rings is 1. The van der Waals surface area contributed by atoms with Crippen LogP contribution in [0.3, 0.4) is 0 Å². The van der Waals surface area contributed by atoms with Crippen LogP contribution >= 0.6 is 0 Å². The maximum absolute atomic E-state index is 10.4. The van der Waals surface area contributed by atoms with Gasteiger partial charge < -0.3 is 10.2 Å². The van der Waals surface area contributed by atoms with Crippen LogP contribution in [0.25, 0.3) is 0 Å². The van der Waals surface area contributed by atoms with Crippen molar-refractivity contribution < 1.29 is 15.0 Å². The molecule has 3 heteroatoms. The molecule has 1 aliphatic carbocycles. The van der Waals surface area contributed by atoms with Gasteiger partial charge in [-0.15, -0.1) is 0 Å². The Balaban J connectivity index is 2.00. The summed E-state index contributed by atoms with van der Waals surface area (Å²) in [6.07, 6.45) is 2.81. The maximum Gasteiger partial charge on any atom is 0.303 e. The molecule has 0 fully saturated rings. The molecule has 2 rings (SSSR count). The molecule has 0 amide bonds. The number of aromatic hydroxyl groups is 1. The lowest BCUT2D eigenvalue weighted by molar-refractivity contribution is -0.137. The predicted octanol–water partition coefficient (Wildman–Crippen LogP) is 1.97. The van der Waals surface area contributed by atoms with E-state index in [2.05, 4.69) is 0 Å². The number of fused-ring (bicyclic) bond motifs is 1. The third-order valence-electron chi connectivity index (χ3n) is 2.97. The van der Waals surface area contributed by atoms with Gasteiger partial charge in [0.2, 0.25) is 0 Å². The standard InChI is InChI=1S/C12H14O3/c13-11-3-2-9-5-8(1-4-12(14)15)6-10(9)7-11/h2-3,7-8,13H,1,4-6H2,(H,14,15). The van der Waals surface area contributed by atoms with Gasteiger partial charge in [-0.3, -0.25) is 4.79 Å². The van der Waals surface area contributed by atoms with E-state index in [-0.39, 0.29) is 6.42 Å². The lowest BCUT2D eigenvalue weighted by Crippen LogP contribution is -2.03. The molecule has 0 saturated carbocycles. The zero-order valence-corrected chi connectivity index (χ0v) is 8.44. The molecule has 0 bridgehead atoms. The van der Waals surface area contributed by atoms with Crippen molar-refractivity contribution in [3.8, 4) is 5.75 Å². The van der Waals surface area contributed by atoms with Gasteiger partial charge in [0, 0.05) is 6.42 Å². The van der Waals surface area contributed by atoms with Crippen molar-refractivity contribution in [2.75, 3.05) is 0 Å². The van der Waals surface area contributed by atoms with Gasteiger partial charge in [0.15, 0.2) is 0 Å². The summed E-state index contributed by atoms with van der Waals surface area (Å²) in [6, 6.07) is 5.42. The first-order valence-corrected chi connectivity index (χ1v) is 5.17. The van der Waals surface area contributed by atoms with Crippen molar-refractivity contribution in [2.24, 2.45) is 5.92 Å². The summed E-state index contributed by atoms with van der Waals surface area (Å²) in [5.41, 5.74) is 2.42. The maximum atomic E-state index is 10.4. The first kappa shape index (κ1) is 10.0. The summed E-state index contributed by atoms with van der Waals surface area (Å²) < 4.78 is 0. The minimum absolute atomic E-state index is 0.241. The molecule has 0 saturated heterocycles. The molecule has 1 aromatic carbocycles. The Kier molecular flexibility index (Phi) is 2.62. The van der Waals surface area contributed by atoms with E-state index >= 15 is 0 Å². The second-order valence-corrected chi connectivity index (χ2v) is 4.16. The fraction of sp³-hybridized carbons (Fsp3) is 0.417. The molecule has 1 aromatic rings. The molecule has 0 aromatic heterocycles. The second-order valence-electron chi connectivity index (χ2n) is 4.16. The summed E-state index contributed by atoms with van der Waals surface area (Å²) in [6.45, 7) is 0. The SMILES string of the molecule is O=C(O)CCC1Cc2ccc(O)cc2C1. The van der Waals surface area contributed by atoms with E-state index in [1.165, 1.54) is 11.1 Å². The number of hydrogen-bond acceptors (Lipinski definition) is 2. The first-order valence-electron chi connectivity index (χ1n) is 5.17. The van der Waals surface area contributed by atoms with Crippen molar-refractivity contribution in [3.63, 3.8) is 0 Å². The number of carbonyl (C=O) groups is 1. The number of phenolic OH excluding ortho intramolecular Hbond substituents is 1. The van der Waals surface area contributed by atoms with Crippen LogP contribution in [-0.4, -0.2) is 16.2 Å². The monoisotopic (exact) mass is 206 g/mol. The Labute approximate surface area is 88.4 Å². The van der Waals surface area contributed by atoms with Crippen LogP contribution in [-0.2, 0) is 17.6 Å². The van der Waals surface area contributed by atoms with E-state index in [1.54, 1.807) is 12.1 Å². The van der Waals surface area contributed by atoms with Crippen LogP contribution in [0.4, 0.5) is 0 Å². The van der Waals surface area contributed by atoms with Crippen molar-refractivity contribution >= 4 is 5.97 Å². The molecule has 15 heavy (non-hydrogen) atoms.